The van der Waals surface area contributed by atoms with Crippen molar-refractivity contribution in [3.8, 4) is 0 Å². The monoisotopic (exact) mass is 398 g/mol. The number of imide groups is 2. The van der Waals surface area contributed by atoms with Gasteiger partial charge in [0.05, 0.1) is 6.67 Å². The standard InChI is InChI=1S/C20H26N6O3/c27-17-18(28)26(20(29)25(17)10-7-16-5-2-1-3-6-16)15-23-11-13-24(14-12-23)19-21-8-4-9-22-19/h4-5,8-9H,1-3,6-7,10-15H2. The number of carbonyl (C=O) groups is 3. The van der Waals surface area contributed by atoms with Crippen LogP contribution in [0.3, 0.4) is 0 Å². The van der Waals surface area contributed by atoms with Gasteiger partial charge in [-0.05, 0) is 38.2 Å². The van der Waals surface area contributed by atoms with E-state index in [0.717, 1.165) is 29.1 Å². The lowest BCUT2D eigenvalue weighted by molar-refractivity contribution is -0.144. The lowest BCUT2D eigenvalue weighted by atomic mass is 9.97. The van der Waals surface area contributed by atoms with Crippen molar-refractivity contribution in [1.29, 1.82) is 0 Å². The van der Waals surface area contributed by atoms with E-state index in [1.54, 1.807) is 18.5 Å². The molecular weight excluding hydrogens is 372 g/mol. The Balaban J connectivity index is 1.31. The van der Waals surface area contributed by atoms with Crippen molar-refractivity contribution in [2.45, 2.75) is 32.1 Å². The summed E-state index contributed by atoms with van der Waals surface area (Å²) in [6.07, 6.45) is 10.7. The molecule has 29 heavy (non-hydrogen) atoms. The lowest BCUT2D eigenvalue weighted by Gasteiger charge is -2.35. The highest BCUT2D eigenvalue weighted by atomic mass is 16.2. The summed E-state index contributed by atoms with van der Waals surface area (Å²) < 4.78 is 0. The van der Waals surface area contributed by atoms with Gasteiger partial charge in [-0.3, -0.25) is 19.4 Å². The predicted molar refractivity (Wildman–Crippen MR) is 106 cm³/mol. The van der Waals surface area contributed by atoms with Crippen LogP contribution in [-0.4, -0.2) is 81.9 Å². The molecule has 3 aliphatic rings. The van der Waals surface area contributed by atoms with Crippen LogP contribution in [0.1, 0.15) is 32.1 Å². The molecule has 9 nitrogen and oxygen atoms in total. The molecule has 4 amide bonds. The van der Waals surface area contributed by atoms with E-state index in [0.29, 0.717) is 38.5 Å². The number of aromatic nitrogens is 2. The third kappa shape index (κ3) is 4.29. The van der Waals surface area contributed by atoms with E-state index < -0.39 is 17.8 Å². The number of amides is 4. The fourth-order valence-corrected chi connectivity index (χ4v) is 4.00. The SMILES string of the molecule is O=C1C(=O)N(CN2CCN(c3ncccn3)CC2)C(=O)N1CCC1=CCCCC1. The number of nitrogens with zero attached hydrogens (tertiary/aromatic N) is 6. The predicted octanol–water partition coefficient (Wildman–Crippen LogP) is 1.24. The van der Waals surface area contributed by atoms with Gasteiger partial charge >= 0.3 is 17.8 Å². The van der Waals surface area contributed by atoms with Crippen molar-refractivity contribution in [1.82, 2.24) is 24.7 Å². The summed E-state index contributed by atoms with van der Waals surface area (Å²) in [5.74, 6) is -0.747. The molecule has 1 aliphatic carbocycles. The van der Waals surface area contributed by atoms with Crippen LogP contribution in [-0.2, 0) is 9.59 Å². The van der Waals surface area contributed by atoms with Gasteiger partial charge in [0.2, 0.25) is 5.95 Å². The summed E-state index contributed by atoms with van der Waals surface area (Å²) in [6, 6.07) is 1.28. The normalized spacial score (nSPS) is 21.2. The molecule has 1 aromatic rings. The third-order valence-corrected chi connectivity index (χ3v) is 5.73. The first kappa shape index (κ1) is 19.5. The van der Waals surface area contributed by atoms with E-state index in [1.165, 1.54) is 12.0 Å². The first-order chi connectivity index (χ1) is 14.1. The Morgan fingerprint density at radius 1 is 0.897 bits per heavy atom. The van der Waals surface area contributed by atoms with Crippen LogP contribution < -0.4 is 4.90 Å². The van der Waals surface area contributed by atoms with Crippen molar-refractivity contribution in [2.75, 3.05) is 44.3 Å². The van der Waals surface area contributed by atoms with Gasteiger partial charge in [-0.25, -0.2) is 19.7 Å². The van der Waals surface area contributed by atoms with E-state index in [-0.39, 0.29) is 13.2 Å². The minimum absolute atomic E-state index is 0.145. The van der Waals surface area contributed by atoms with Crippen LogP contribution in [0, 0.1) is 0 Å². The molecule has 0 N–H and O–H groups in total. The molecule has 9 heteroatoms. The van der Waals surface area contributed by atoms with Crippen LogP contribution in [0.25, 0.3) is 0 Å². The van der Waals surface area contributed by atoms with E-state index in [2.05, 4.69) is 20.9 Å². The zero-order valence-electron chi connectivity index (χ0n) is 16.5. The second kappa shape index (κ2) is 8.69. The second-order valence-electron chi connectivity index (χ2n) is 7.63. The summed E-state index contributed by atoms with van der Waals surface area (Å²) in [5.41, 5.74) is 1.28. The van der Waals surface area contributed by atoms with Gasteiger partial charge < -0.3 is 4.90 Å². The quantitative estimate of drug-likeness (QED) is 0.404. The van der Waals surface area contributed by atoms with Crippen molar-refractivity contribution in [3.63, 3.8) is 0 Å². The molecule has 4 rings (SSSR count). The van der Waals surface area contributed by atoms with Gasteiger partial charge in [-0.15, -0.1) is 0 Å². The molecule has 2 aliphatic heterocycles. The van der Waals surface area contributed by atoms with Crippen LogP contribution >= 0.6 is 0 Å². The minimum atomic E-state index is -0.721. The van der Waals surface area contributed by atoms with Crippen molar-refractivity contribution >= 4 is 23.8 Å². The molecule has 1 aromatic heterocycles. The second-order valence-corrected chi connectivity index (χ2v) is 7.63. The molecule has 0 atom stereocenters. The number of carbonyl (C=O) groups excluding carboxylic acids is 3. The number of urea groups is 1. The van der Waals surface area contributed by atoms with E-state index in [4.69, 9.17) is 0 Å². The summed E-state index contributed by atoms with van der Waals surface area (Å²) >= 11 is 0. The van der Waals surface area contributed by atoms with Crippen LogP contribution in [0.2, 0.25) is 0 Å². The molecule has 2 saturated heterocycles. The van der Waals surface area contributed by atoms with Gasteiger partial charge in [0, 0.05) is 45.1 Å². The summed E-state index contributed by atoms with van der Waals surface area (Å²) in [6.45, 7) is 3.15. The number of piperazine rings is 1. The maximum Gasteiger partial charge on any atom is 0.335 e. The number of anilines is 1. The summed E-state index contributed by atoms with van der Waals surface area (Å²) in [5, 5.41) is 0. The van der Waals surface area contributed by atoms with E-state index in [1.807, 2.05) is 4.90 Å². The van der Waals surface area contributed by atoms with Crippen LogP contribution in [0.5, 0.6) is 0 Å². The Kier molecular flexibility index (Phi) is 5.84. The smallest absolute Gasteiger partial charge is 0.335 e. The average Bonchev–Trinajstić information content (AvgIpc) is 2.97. The Bertz CT molecular complexity index is 804. The molecule has 0 bridgehead atoms. The molecule has 3 heterocycles. The van der Waals surface area contributed by atoms with Gasteiger partial charge in [0.1, 0.15) is 0 Å². The van der Waals surface area contributed by atoms with Gasteiger partial charge in [0.25, 0.3) is 0 Å². The zero-order chi connectivity index (χ0) is 20.2. The minimum Gasteiger partial charge on any atom is -0.338 e. The Morgan fingerprint density at radius 2 is 1.62 bits per heavy atom. The van der Waals surface area contributed by atoms with Gasteiger partial charge in [-0.2, -0.15) is 0 Å². The highest BCUT2D eigenvalue weighted by Gasteiger charge is 2.44. The Morgan fingerprint density at radius 3 is 2.31 bits per heavy atom. The van der Waals surface area contributed by atoms with Crippen LogP contribution in [0.15, 0.2) is 30.1 Å². The maximum atomic E-state index is 12.7. The Labute approximate surface area is 170 Å². The number of hydrogen-bond donors (Lipinski definition) is 0. The molecular formula is C20H26N6O3. The third-order valence-electron chi connectivity index (χ3n) is 5.73. The van der Waals surface area contributed by atoms with Crippen LogP contribution in [0.4, 0.5) is 10.7 Å². The van der Waals surface area contributed by atoms with Gasteiger partial charge in [0.15, 0.2) is 0 Å². The number of rotatable bonds is 6. The molecule has 154 valence electrons. The largest absolute Gasteiger partial charge is 0.338 e. The van der Waals surface area contributed by atoms with Crippen molar-refractivity contribution in [2.24, 2.45) is 0 Å². The first-order valence-corrected chi connectivity index (χ1v) is 10.2. The topological polar surface area (TPSA) is 90.0 Å². The van der Waals surface area contributed by atoms with E-state index >= 15 is 0 Å². The van der Waals surface area contributed by atoms with Gasteiger partial charge in [-0.1, -0.05) is 11.6 Å². The lowest BCUT2D eigenvalue weighted by Crippen LogP contribution is -2.51. The molecule has 0 spiro atoms. The maximum absolute atomic E-state index is 12.7. The number of hydrogen-bond acceptors (Lipinski definition) is 7. The fraction of sp³-hybridized carbons (Fsp3) is 0.550. The summed E-state index contributed by atoms with van der Waals surface area (Å²) in [7, 11) is 0. The molecule has 0 saturated carbocycles. The zero-order valence-corrected chi connectivity index (χ0v) is 16.5. The van der Waals surface area contributed by atoms with Crippen molar-refractivity contribution < 1.29 is 14.4 Å². The van der Waals surface area contributed by atoms with E-state index in [9.17, 15) is 14.4 Å². The fourth-order valence-electron chi connectivity index (χ4n) is 4.00. The Hall–Kier alpha value is -2.81. The first-order valence-electron chi connectivity index (χ1n) is 10.2. The molecule has 2 fully saturated rings. The average molecular weight is 398 g/mol. The molecule has 0 aromatic carbocycles. The summed E-state index contributed by atoms with van der Waals surface area (Å²) in [4.78, 5) is 52.2. The number of allylic oxidation sites excluding steroid dienone is 1. The molecule has 0 radical (unpaired) electrons. The highest BCUT2D eigenvalue weighted by Crippen LogP contribution is 2.22. The highest BCUT2D eigenvalue weighted by molar-refractivity contribution is 6.44. The molecule has 0 unspecified atom stereocenters. The van der Waals surface area contributed by atoms with Crippen molar-refractivity contribution in [3.05, 3.63) is 30.1 Å².